The van der Waals surface area contributed by atoms with E-state index in [9.17, 15) is 13.2 Å². The fourth-order valence-corrected chi connectivity index (χ4v) is 4.54. The minimum absolute atomic E-state index is 0.0154. The van der Waals surface area contributed by atoms with Crippen molar-refractivity contribution in [2.24, 2.45) is 0 Å². The minimum atomic E-state index is -3.88. The highest BCUT2D eigenvalue weighted by molar-refractivity contribution is 7.90. The molecule has 0 fully saturated rings. The quantitative estimate of drug-likeness (QED) is 0.356. The van der Waals surface area contributed by atoms with E-state index in [-0.39, 0.29) is 17.7 Å². The van der Waals surface area contributed by atoms with Crippen molar-refractivity contribution in [2.45, 2.75) is 31.3 Å². The van der Waals surface area contributed by atoms with Crippen LogP contribution in [0.2, 0.25) is 0 Å². The van der Waals surface area contributed by atoms with Crippen LogP contribution in [0.15, 0.2) is 100 Å². The smallest absolute Gasteiger partial charge is 0.264 e. The summed E-state index contributed by atoms with van der Waals surface area (Å²) in [4.78, 5) is 12.2. The van der Waals surface area contributed by atoms with Crippen LogP contribution in [0.1, 0.15) is 23.5 Å². The van der Waals surface area contributed by atoms with Gasteiger partial charge in [0.15, 0.2) is 0 Å². The average molecular weight is 476 g/mol. The number of benzene rings is 3. The van der Waals surface area contributed by atoms with Gasteiger partial charge in [0.2, 0.25) is 5.91 Å². The van der Waals surface area contributed by atoms with Crippen LogP contribution in [0.3, 0.4) is 0 Å². The highest BCUT2D eigenvalue weighted by Crippen LogP contribution is 2.25. The summed E-state index contributed by atoms with van der Waals surface area (Å²) in [5, 5.41) is 0. The largest absolute Gasteiger partial charge is 0.489 e. The molecule has 34 heavy (non-hydrogen) atoms. The van der Waals surface area contributed by atoms with Crippen LogP contribution in [-0.2, 0) is 27.8 Å². The molecule has 0 saturated carbocycles. The first-order valence-corrected chi connectivity index (χ1v) is 12.4. The standard InChI is InChI=1S/C27H25NO5S/c1-20-23(19-32-24-12-8-11-22(17-24)21-9-4-2-5-10-21)18-25(33-20)15-16-27(29)28-34(30,31)26-13-6-3-7-14-26/h2-14,17-18H,15-16,19H2,1H3,(H,28,29). The van der Waals surface area contributed by atoms with Crippen LogP contribution in [0.4, 0.5) is 0 Å². The first-order valence-electron chi connectivity index (χ1n) is 10.9. The Labute approximate surface area is 199 Å². The molecule has 4 rings (SSSR count). The SMILES string of the molecule is Cc1oc(CCC(=O)NS(=O)(=O)c2ccccc2)cc1COc1cccc(-c2ccccc2)c1. The first-order chi connectivity index (χ1) is 16.4. The molecule has 0 aliphatic rings. The van der Waals surface area contributed by atoms with Crippen molar-refractivity contribution in [3.05, 3.63) is 108 Å². The fourth-order valence-electron chi connectivity index (χ4n) is 3.51. The molecule has 0 aliphatic carbocycles. The summed E-state index contributed by atoms with van der Waals surface area (Å²) in [6.45, 7) is 2.16. The van der Waals surface area contributed by atoms with E-state index in [1.54, 1.807) is 18.2 Å². The number of carbonyl (C=O) groups excluding carboxylic acids is 1. The van der Waals surface area contributed by atoms with E-state index >= 15 is 0 Å². The summed E-state index contributed by atoms with van der Waals surface area (Å²) in [7, 11) is -3.88. The number of ether oxygens (including phenoxy) is 1. The summed E-state index contributed by atoms with van der Waals surface area (Å²) >= 11 is 0. The van der Waals surface area contributed by atoms with Gasteiger partial charge in [0.05, 0.1) is 4.90 Å². The lowest BCUT2D eigenvalue weighted by Crippen LogP contribution is -2.30. The van der Waals surface area contributed by atoms with E-state index in [1.165, 1.54) is 12.1 Å². The zero-order valence-electron chi connectivity index (χ0n) is 18.7. The lowest BCUT2D eigenvalue weighted by atomic mass is 10.1. The Morgan fingerprint density at radius 2 is 1.56 bits per heavy atom. The molecule has 0 spiro atoms. The molecule has 1 heterocycles. The van der Waals surface area contributed by atoms with Gasteiger partial charge in [0.25, 0.3) is 10.0 Å². The van der Waals surface area contributed by atoms with Crippen molar-refractivity contribution in [3.63, 3.8) is 0 Å². The molecule has 0 radical (unpaired) electrons. The van der Waals surface area contributed by atoms with Gasteiger partial charge in [-0.1, -0.05) is 60.7 Å². The van der Waals surface area contributed by atoms with E-state index in [0.29, 0.717) is 18.1 Å². The third-order valence-electron chi connectivity index (χ3n) is 5.31. The van der Waals surface area contributed by atoms with Crippen molar-refractivity contribution >= 4 is 15.9 Å². The molecule has 4 aromatic rings. The molecule has 3 aromatic carbocycles. The molecule has 174 valence electrons. The van der Waals surface area contributed by atoms with Gasteiger partial charge in [-0.2, -0.15) is 0 Å². The fraction of sp³-hybridized carbons (Fsp3) is 0.148. The lowest BCUT2D eigenvalue weighted by molar-refractivity contribution is -0.119. The van der Waals surface area contributed by atoms with Crippen molar-refractivity contribution in [1.82, 2.24) is 4.72 Å². The normalized spacial score (nSPS) is 11.2. The summed E-state index contributed by atoms with van der Waals surface area (Å²) in [5.41, 5.74) is 3.05. The van der Waals surface area contributed by atoms with Crippen molar-refractivity contribution in [3.8, 4) is 16.9 Å². The molecule has 0 unspecified atom stereocenters. The van der Waals surface area contributed by atoms with Crippen molar-refractivity contribution in [2.75, 3.05) is 0 Å². The molecule has 0 aliphatic heterocycles. The number of aryl methyl sites for hydroxylation is 2. The molecular weight excluding hydrogens is 450 g/mol. The maximum atomic E-state index is 12.3. The van der Waals surface area contributed by atoms with Crippen LogP contribution >= 0.6 is 0 Å². The Balaban J connectivity index is 1.33. The molecule has 6 nitrogen and oxygen atoms in total. The van der Waals surface area contributed by atoms with Crippen LogP contribution in [-0.4, -0.2) is 14.3 Å². The second-order valence-electron chi connectivity index (χ2n) is 7.82. The summed E-state index contributed by atoms with van der Waals surface area (Å²) in [6, 6.07) is 27.6. The van der Waals surface area contributed by atoms with Crippen LogP contribution in [0.5, 0.6) is 5.75 Å². The minimum Gasteiger partial charge on any atom is -0.489 e. The van der Waals surface area contributed by atoms with E-state index in [2.05, 4.69) is 4.72 Å². The topological polar surface area (TPSA) is 85.6 Å². The number of rotatable bonds is 9. The van der Waals surface area contributed by atoms with Crippen LogP contribution < -0.4 is 9.46 Å². The number of furan rings is 1. The molecule has 0 atom stereocenters. The summed E-state index contributed by atoms with van der Waals surface area (Å²) in [6.07, 6.45) is 0.263. The third kappa shape index (κ3) is 5.94. The van der Waals surface area contributed by atoms with Crippen LogP contribution in [0.25, 0.3) is 11.1 Å². The molecule has 0 bridgehead atoms. The van der Waals surface area contributed by atoms with Gasteiger partial charge in [0, 0.05) is 18.4 Å². The maximum absolute atomic E-state index is 12.3. The van der Waals surface area contributed by atoms with Crippen molar-refractivity contribution < 1.29 is 22.4 Å². The molecule has 1 N–H and O–H groups in total. The predicted molar refractivity (Wildman–Crippen MR) is 130 cm³/mol. The zero-order chi connectivity index (χ0) is 24.0. The van der Waals surface area contributed by atoms with E-state index in [0.717, 1.165) is 22.4 Å². The van der Waals surface area contributed by atoms with Gasteiger partial charge < -0.3 is 9.15 Å². The van der Waals surface area contributed by atoms with E-state index in [1.807, 2.05) is 67.6 Å². The highest BCUT2D eigenvalue weighted by atomic mass is 32.2. The molecular formula is C27H25NO5S. The Hall–Kier alpha value is -3.84. The highest BCUT2D eigenvalue weighted by Gasteiger charge is 2.18. The number of nitrogens with one attached hydrogen (secondary N) is 1. The average Bonchev–Trinajstić information content (AvgIpc) is 3.22. The Morgan fingerprint density at radius 3 is 2.29 bits per heavy atom. The molecule has 1 aromatic heterocycles. The Kier molecular flexibility index (Phi) is 7.13. The van der Waals surface area contributed by atoms with Gasteiger partial charge in [-0.05, 0) is 48.4 Å². The van der Waals surface area contributed by atoms with Gasteiger partial charge >= 0.3 is 0 Å². The Morgan fingerprint density at radius 1 is 0.882 bits per heavy atom. The number of carbonyl (C=O) groups is 1. The zero-order valence-corrected chi connectivity index (χ0v) is 19.5. The second-order valence-corrected chi connectivity index (χ2v) is 9.50. The number of hydrogen-bond donors (Lipinski definition) is 1. The predicted octanol–water partition coefficient (Wildman–Crippen LogP) is 5.27. The van der Waals surface area contributed by atoms with Gasteiger partial charge in [-0.3, -0.25) is 4.79 Å². The molecule has 1 amide bonds. The first kappa shape index (κ1) is 23.3. The number of hydrogen-bond acceptors (Lipinski definition) is 5. The maximum Gasteiger partial charge on any atom is 0.264 e. The molecule has 0 saturated heterocycles. The van der Waals surface area contributed by atoms with Crippen LogP contribution in [0, 0.1) is 6.92 Å². The second kappa shape index (κ2) is 10.4. The number of sulfonamides is 1. The van der Waals surface area contributed by atoms with E-state index in [4.69, 9.17) is 9.15 Å². The number of amides is 1. The van der Waals surface area contributed by atoms with E-state index < -0.39 is 15.9 Å². The third-order valence-corrected chi connectivity index (χ3v) is 6.70. The van der Waals surface area contributed by atoms with Gasteiger partial charge in [0.1, 0.15) is 23.9 Å². The van der Waals surface area contributed by atoms with Gasteiger partial charge in [-0.25, -0.2) is 13.1 Å². The molecule has 7 heteroatoms. The monoisotopic (exact) mass is 475 g/mol. The Bertz CT molecular complexity index is 1360. The summed E-state index contributed by atoms with van der Waals surface area (Å²) < 4.78 is 38.4. The summed E-state index contributed by atoms with van der Waals surface area (Å²) in [5.74, 6) is 1.45. The van der Waals surface area contributed by atoms with Gasteiger partial charge in [-0.15, -0.1) is 0 Å². The van der Waals surface area contributed by atoms with Crippen molar-refractivity contribution in [1.29, 1.82) is 0 Å². The lowest BCUT2D eigenvalue weighted by Gasteiger charge is -2.08.